The Morgan fingerprint density at radius 2 is 1.88 bits per heavy atom. The molecule has 26 heavy (non-hydrogen) atoms. The molecule has 0 radical (unpaired) electrons. The van der Waals surface area contributed by atoms with E-state index >= 15 is 0 Å². The van der Waals surface area contributed by atoms with Crippen molar-refractivity contribution in [1.29, 1.82) is 0 Å². The molecule has 2 amide bonds. The monoisotopic (exact) mass is 374 g/mol. The number of amides is 2. The Kier molecular flexibility index (Phi) is 7.72. The number of anilines is 1. The molecule has 1 aromatic heterocycles. The summed E-state index contributed by atoms with van der Waals surface area (Å²) >= 11 is 1.32. The van der Waals surface area contributed by atoms with Crippen molar-refractivity contribution in [1.82, 2.24) is 15.5 Å². The highest BCUT2D eigenvalue weighted by Gasteiger charge is 2.26. The van der Waals surface area contributed by atoms with E-state index < -0.39 is 6.04 Å². The normalized spacial score (nSPS) is 13.0. The highest BCUT2D eigenvalue weighted by atomic mass is 32.1. The van der Waals surface area contributed by atoms with Crippen molar-refractivity contribution in [3.05, 3.63) is 30.3 Å². The van der Waals surface area contributed by atoms with Gasteiger partial charge in [0.2, 0.25) is 16.9 Å². The summed E-state index contributed by atoms with van der Waals surface area (Å²) in [5.74, 6) is -0.309. The molecule has 0 fully saturated rings. The highest BCUT2D eigenvalue weighted by Crippen LogP contribution is 2.26. The molecule has 2 atom stereocenters. The molecule has 0 bridgehead atoms. The first-order chi connectivity index (χ1) is 12.5. The molecule has 140 valence electrons. The van der Waals surface area contributed by atoms with Crippen molar-refractivity contribution < 1.29 is 9.59 Å². The summed E-state index contributed by atoms with van der Waals surface area (Å²) in [6, 6.07) is 9.11. The van der Waals surface area contributed by atoms with Crippen LogP contribution < -0.4 is 10.6 Å². The molecule has 2 aromatic rings. The summed E-state index contributed by atoms with van der Waals surface area (Å²) in [5, 5.41) is 15.0. The highest BCUT2D eigenvalue weighted by molar-refractivity contribution is 7.18. The number of unbranched alkanes of at least 4 members (excludes halogenated alkanes) is 1. The first-order valence-corrected chi connectivity index (χ1v) is 9.85. The van der Waals surface area contributed by atoms with Gasteiger partial charge in [-0.2, -0.15) is 0 Å². The van der Waals surface area contributed by atoms with Gasteiger partial charge in [0.1, 0.15) is 11.0 Å². The molecular formula is C19H26N4O2S. The SMILES string of the molecule is CCCCC(=O)N[C@H](C(=O)Nc1nnc(-c2ccccc2)s1)[C@H](C)CC. The third-order valence-electron chi connectivity index (χ3n) is 4.25. The molecule has 0 unspecified atom stereocenters. The molecule has 6 nitrogen and oxygen atoms in total. The van der Waals surface area contributed by atoms with Crippen molar-refractivity contribution in [2.75, 3.05) is 5.32 Å². The quantitative estimate of drug-likeness (QED) is 0.698. The Morgan fingerprint density at radius 3 is 2.54 bits per heavy atom. The van der Waals surface area contributed by atoms with Crippen molar-refractivity contribution in [2.45, 2.75) is 52.5 Å². The Bertz CT molecular complexity index is 717. The van der Waals surface area contributed by atoms with Gasteiger partial charge in [0.15, 0.2) is 0 Å². The molecule has 0 saturated carbocycles. The van der Waals surface area contributed by atoms with Crippen LogP contribution in [0.5, 0.6) is 0 Å². The topological polar surface area (TPSA) is 84.0 Å². The van der Waals surface area contributed by atoms with Gasteiger partial charge in [-0.25, -0.2) is 0 Å². The van der Waals surface area contributed by atoms with Gasteiger partial charge in [0, 0.05) is 12.0 Å². The fourth-order valence-corrected chi connectivity index (χ4v) is 3.19. The molecule has 1 heterocycles. The number of carbonyl (C=O) groups excluding carboxylic acids is 2. The molecule has 0 spiro atoms. The second-order valence-corrected chi connectivity index (χ2v) is 7.28. The lowest BCUT2D eigenvalue weighted by Gasteiger charge is -2.22. The number of carbonyl (C=O) groups is 2. The van der Waals surface area contributed by atoms with Crippen molar-refractivity contribution in [3.63, 3.8) is 0 Å². The van der Waals surface area contributed by atoms with E-state index in [4.69, 9.17) is 0 Å². The summed E-state index contributed by atoms with van der Waals surface area (Å²) < 4.78 is 0. The Hall–Kier alpha value is -2.28. The van der Waals surface area contributed by atoms with Crippen molar-refractivity contribution in [2.24, 2.45) is 5.92 Å². The van der Waals surface area contributed by atoms with Crippen LogP contribution in [0.15, 0.2) is 30.3 Å². The number of nitrogens with zero attached hydrogens (tertiary/aromatic N) is 2. The first-order valence-electron chi connectivity index (χ1n) is 9.04. The predicted octanol–water partition coefficient (Wildman–Crippen LogP) is 3.86. The largest absolute Gasteiger partial charge is 0.344 e. The molecule has 0 aliphatic heterocycles. The van der Waals surface area contributed by atoms with Crippen LogP contribution in [0.3, 0.4) is 0 Å². The molecule has 2 N–H and O–H groups in total. The summed E-state index contributed by atoms with van der Waals surface area (Å²) in [7, 11) is 0. The minimum Gasteiger partial charge on any atom is -0.344 e. The number of benzene rings is 1. The van der Waals surface area contributed by atoms with E-state index in [1.807, 2.05) is 51.1 Å². The van der Waals surface area contributed by atoms with Gasteiger partial charge in [-0.15, -0.1) is 10.2 Å². The van der Waals surface area contributed by atoms with Gasteiger partial charge >= 0.3 is 0 Å². The minimum absolute atomic E-state index is 0.0297. The predicted molar refractivity (Wildman–Crippen MR) is 105 cm³/mol. The maximum Gasteiger partial charge on any atom is 0.249 e. The maximum atomic E-state index is 12.7. The zero-order valence-corrected chi connectivity index (χ0v) is 16.3. The van der Waals surface area contributed by atoms with Gasteiger partial charge in [-0.05, 0) is 12.3 Å². The molecule has 0 saturated heterocycles. The van der Waals surface area contributed by atoms with E-state index in [1.165, 1.54) is 11.3 Å². The second kappa shape index (κ2) is 10.0. The van der Waals surface area contributed by atoms with Crippen LogP contribution in [-0.4, -0.2) is 28.1 Å². The van der Waals surface area contributed by atoms with Crippen LogP contribution in [0.4, 0.5) is 5.13 Å². The standard InChI is InChI=1S/C19H26N4O2S/c1-4-6-12-15(24)20-16(13(3)5-2)17(25)21-19-23-22-18(26-19)14-10-8-7-9-11-14/h7-11,13,16H,4-6,12H2,1-3H3,(H,20,24)(H,21,23,25)/t13-,16+/m1/s1. The minimum atomic E-state index is -0.576. The lowest BCUT2D eigenvalue weighted by molar-refractivity contribution is -0.127. The molecular weight excluding hydrogens is 348 g/mol. The number of aromatic nitrogens is 2. The van der Waals surface area contributed by atoms with Gasteiger partial charge in [0.05, 0.1) is 0 Å². The van der Waals surface area contributed by atoms with E-state index in [2.05, 4.69) is 20.8 Å². The third kappa shape index (κ3) is 5.62. The molecule has 1 aromatic carbocycles. The third-order valence-corrected chi connectivity index (χ3v) is 5.13. The maximum absolute atomic E-state index is 12.7. The van der Waals surface area contributed by atoms with E-state index in [0.29, 0.717) is 11.6 Å². The smallest absolute Gasteiger partial charge is 0.249 e. The summed E-state index contributed by atoms with van der Waals surface area (Å²) in [6.45, 7) is 5.99. The first kappa shape index (κ1) is 20.0. The van der Waals surface area contributed by atoms with Gasteiger partial charge in [0.25, 0.3) is 0 Å². The summed E-state index contributed by atoms with van der Waals surface area (Å²) in [4.78, 5) is 24.7. The number of hydrogen-bond acceptors (Lipinski definition) is 5. The molecule has 0 aliphatic rings. The zero-order valence-electron chi connectivity index (χ0n) is 15.5. The van der Waals surface area contributed by atoms with Crippen LogP contribution in [0, 0.1) is 5.92 Å². The molecule has 7 heteroatoms. The zero-order chi connectivity index (χ0) is 18.9. The van der Waals surface area contributed by atoms with Crippen LogP contribution >= 0.6 is 11.3 Å². The van der Waals surface area contributed by atoms with E-state index in [-0.39, 0.29) is 17.7 Å². The lowest BCUT2D eigenvalue weighted by atomic mass is 9.98. The fraction of sp³-hybridized carbons (Fsp3) is 0.474. The number of hydrogen-bond donors (Lipinski definition) is 2. The van der Waals surface area contributed by atoms with E-state index in [9.17, 15) is 9.59 Å². The Morgan fingerprint density at radius 1 is 1.15 bits per heavy atom. The van der Waals surface area contributed by atoms with Crippen molar-refractivity contribution in [3.8, 4) is 10.6 Å². The van der Waals surface area contributed by atoms with Gasteiger partial charge < -0.3 is 5.32 Å². The fourth-order valence-electron chi connectivity index (χ4n) is 2.44. The average molecular weight is 375 g/mol. The van der Waals surface area contributed by atoms with Gasteiger partial charge in [-0.3, -0.25) is 14.9 Å². The van der Waals surface area contributed by atoms with Crippen LogP contribution in [0.2, 0.25) is 0 Å². The summed E-state index contributed by atoms with van der Waals surface area (Å²) in [6.07, 6.45) is 2.99. The van der Waals surface area contributed by atoms with Crippen LogP contribution in [0.1, 0.15) is 46.5 Å². The van der Waals surface area contributed by atoms with E-state index in [0.717, 1.165) is 29.8 Å². The molecule has 0 aliphatic carbocycles. The molecule has 2 rings (SSSR count). The average Bonchev–Trinajstić information content (AvgIpc) is 3.12. The van der Waals surface area contributed by atoms with E-state index in [1.54, 1.807) is 0 Å². The number of nitrogens with one attached hydrogen (secondary N) is 2. The Balaban J connectivity index is 2.04. The lowest BCUT2D eigenvalue weighted by Crippen LogP contribution is -2.47. The van der Waals surface area contributed by atoms with Crippen LogP contribution in [-0.2, 0) is 9.59 Å². The van der Waals surface area contributed by atoms with Crippen molar-refractivity contribution >= 4 is 28.3 Å². The summed E-state index contributed by atoms with van der Waals surface area (Å²) in [5.41, 5.74) is 0.955. The van der Waals surface area contributed by atoms with Gasteiger partial charge in [-0.1, -0.05) is 75.3 Å². The number of rotatable bonds is 9. The Labute approximate surface area is 158 Å². The second-order valence-electron chi connectivity index (χ2n) is 6.30. The van der Waals surface area contributed by atoms with Crippen LogP contribution in [0.25, 0.3) is 10.6 Å².